The Morgan fingerprint density at radius 1 is 1.31 bits per heavy atom. The van der Waals surface area contributed by atoms with Gasteiger partial charge in [0.2, 0.25) is 0 Å². The van der Waals surface area contributed by atoms with Crippen molar-refractivity contribution in [2.45, 2.75) is 19.3 Å². The van der Waals surface area contributed by atoms with Crippen molar-refractivity contribution in [1.29, 1.82) is 0 Å². The normalized spacial score (nSPS) is 18.2. The Labute approximate surface area is 79.2 Å². The molecule has 1 aliphatic carbocycles. The molecule has 0 amide bonds. The van der Waals surface area contributed by atoms with Gasteiger partial charge in [0.25, 0.3) is 0 Å². The van der Waals surface area contributed by atoms with Gasteiger partial charge >= 0.3 is 0 Å². The molecule has 0 N–H and O–H groups in total. The molecule has 13 heavy (non-hydrogen) atoms. The molecule has 0 unspecified atom stereocenters. The highest BCUT2D eigenvalue weighted by Gasteiger charge is 2.09. The van der Waals surface area contributed by atoms with E-state index in [2.05, 4.69) is 6.58 Å². The van der Waals surface area contributed by atoms with Crippen LogP contribution in [0.25, 0.3) is 0 Å². The number of hydrogen-bond donors (Lipinski definition) is 0. The summed E-state index contributed by atoms with van der Waals surface area (Å²) in [5, 5.41) is 0. The van der Waals surface area contributed by atoms with E-state index in [1.54, 1.807) is 6.08 Å². The van der Waals surface area contributed by atoms with Gasteiger partial charge < -0.3 is 0 Å². The van der Waals surface area contributed by atoms with Crippen molar-refractivity contribution in [3.63, 3.8) is 0 Å². The van der Waals surface area contributed by atoms with Gasteiger partial charge in [-0.15, -0.1) is 0 Å². The van der Waals surface area contributed by atoms with Gasteiger partial charge in [-0.25, -0.2) is 0 Å². The van der Waals surface area contributed by atoms with Crippen LogP contribution in [0.3, 0.4) is 0 Å². The predicted octanol–water partition coefficient (Wildman–Crippen LogP) is 2.96. The van der Waals surface area contributed by atoms with Crippen LogP contribution in [0.1, 0.15) is 19.3 Å². The van der Waals surface area contributed by atoms with E-state index in [0.29, 0.717) is 6.42 Å². The van der Waals surface area contributed by atoms with Crippen LogP contribution in [0, 0.1) is 0 Å². The largest absolute Gasteiger partial charge is 0.294 e. The number of rotatable bonds is 3. The minimum absolute atomic E-state index is 0.259. The second-order valence-electron chi connectivity index (χ2n) is 2.95. The molecule has 0 aromatic rings. The standard InChI is InChI=1S/C12H14O/c1-2-3-4-5-8-11-9-6-7-10-12(11)13/h2-5,8-9H,1,6-7,10H2. The van der Waals surface area contributed by atoms with Crippen molar-refractivity contribution >= 4 is 5.78 Å². The zero-order valence-corrected chi connectivity index (χ0v) is 7.70. The van der Waals surface area contributed by atoms with Crippen LogP contribution < -0.4 is 0 Å². The molecule has 0 fully saturated rings. The fourth-order valence-corrected chi connectivity index (χ4v) is 1.24. The lowest BCUT2D eigenvalue weighted by Crippen LogP contribution is -2.04. The minimum Gasteiger partial charge on any atom is -0.294 e. The summed E-state index contributed by atoms with van der Waals surface area (Å²) in [6.45, 7) is 3.56. The van der Waals surface area contributed by atoms with Gasteiger partial charge in [-0.1, -0.05) is 43.0 Å². The van der Waals surface area contributed by atoms with E-state index in [-0.39, 0.29) is 5.78 Å². The fraction of sp³-hybridized carbons (Fsp3) is 0.250. The second kappa shape index (κ2) is 5.31. The third-order valence-corrected chi connectivity index (χ3v) is 1.93. The molecule has 0 aliphatic heterocycles. The quantitative estimate of drug-likeness (QED) is 0.601. The minimum atomic E-state index is 0.259. The molecule has 0 saturated carbocycles. The summed E-state index contributed by atoms with van der Waals surface area (Å²) in [5.74, 6) is 0.259. The van der Waals surface area contributed by atoms with Crippen LogP contribution in [0.15, 0.2) is 48.6 Å². The van der Waals surface area contributed by atoms with Gasteiger partial charge in [0.15, 0.2) is 5.78 Å². The molecule has 0 aromatic heterocycles. The van der Waals surface area contributed by atoms with Gasteiger partial charge in [0.05, 0.1) is 0 Å². The zero-order chi connectivity index (χ0) is 9.52. The molecule has 0 bridgehead atoms. The van der Waals surface area contributed by atoms with Crippen LogP contribution >= 0.6 is 0 Å². The number of Topliss-reactive ketones (excluding diaryl/α,β-unsaturated/α-hetero) is 1. The maximum Gasteiger partial charge on any atom is 0.162 e. The first kappa shape index (κ1) is 9.72. The summed E-state index contributed by atoms with van der Waals surface area (Å²) in [6, 6.07) is 0. The summed E-state index contributed by atoms with van der Waals surface area (Å²) >= 11 is 0. The van der Waals surface area contributed by atoms with Crippen LogP contribution in [-0.4, -0.2) is 5.78 Å². The Morgan fingerprint density at radius 2 is 2.15 bits per heavy atom. The molecule has 0 aromatic carbocycles. The number of hydrogen-bond acceptors (Lipinski definition) is 1. The molecule has 0 spiro atoms. The van der Waals surface area contributed by atoms with Gasteiger partial charge in [0.1, 0.15) is 0 Å². The zero-order valence-electron chi connectivity index (χ0n) is 7.70. The van der Waals surface area contributed by atoms with Crippen molar-refractivity contribution < 1.29 is 4.79 Å². The summed E-state index contributed by atoms with van der Waals surface area (Å²) in [4.78, 5) is 11.3. The molecule has 1 nitrogen and oxygen atoms in total. The smallest absolute Gasteiger partial charge is 0.162 e. The Hall–Kier alpha value is -1.37. The monoisotopic (exact) mass is 174 g/mol. The number of carbonyl (C=O) groups excluding carboxylic acids is 1. The Bertz CT molecular complexity index is 279. The third-order valence-electron chi connectivity index (χ3n) is 1.93. The van der Waals surface area contributed by atoms with Crippen LogP contribution in [-0.2, 0) is 4.79 Å². The molecule has 1 rings (SSSR count). The van der Waals surface area contributed by atoms with Gasteiger partial charge in [0, 0.05) is 12.0 Å². The lowest BCUT2D eigenvalue weighted by atomic mass is 9.98. The molecule has 68 valence electrons. The van der Waals surface area contributed by atoms with Crippen molar-refractivity contribution in [2.75, 3.05) is 0 Å². The van der Waals surface area contributed by atoms with Crippen LogP contribution in [0.4, 0.5) is 0 Å². The average molecular weight is 174 g/mol. The van der Waals surface area contributed by atoms with E-state index in [4.69, 9.17) is 0 Å². The molecule has 1 aliphatic rings. The molecule has 0 radical (unpaired) electrons. The Kier molecular flexibility index (Phi) is 3.97. The maximum atomic E-state index is 11.3. The van der Waals surface area contributed by atoms with Crippen LogP contribution in [0.5, 0.6) is 0 Å². The molecule has 0 saturated heterocycles. The van der Waals surface area contributed by atoms with E-state index >= 15 is 0 Å². The highest BCUT2D eigenvalue weighted by molar-refractivity contribution is 5.98. The van der Waals surface area contributed by atoms with Gasteiger partial charge in [-0.2, -0.15) is 0 Å². The number of allylic oxidation sites excluding steroid dienone is 7. The summed E-state index contributed by atoms with van der Waals surface area (Å²) < 4.78 is 0. The maximum absolute atomic E-state index is 11.3. The predicted molar refractivity (Wildman–Crippen MR) is 55.4 cm³/mol. The van der Waals surface area contributed by atoms with Crippen molar-refractivity contribution in [3.05, 3.63) is 48.6 Å². The highest BCUT2D eigenvalue weighted by atomic mass is 16.1. The van der Waals surface area contributed by atoms with E-state index < -0.39 is 0 Å². The molecule has 0 atom stereocenters. The van der Waals surface area contributed by atoms with E-state index in [1.807, 2.05) is 30.4 Å². The van der Waals surface area contributed by atoms with Crippen molar-refractivity contribution in [3.8, 4) is 0 Å². The first-order chi connectivity index (χ1) is 6.34. The first-order valence-electron chi connectivity index (χ1n) is 4.53. The fourth-order valence-electron chi connectivity index (χ4n) is 1.24. The third kappa shape index (κ3) is 3.24. The molecular weight excluding hydrogens is 160 g/mol. The summed E-state index contributed by atoms with van der Waals surface area (Å²) in [6.07, 6.45) is 13.9. The van der Waals surface area contributed by atoms with Crippen molar-refractivity contribution in [1.82, 2.24) is 0 Å². The summed E-state index contributed by atoms with van der Waals surface area (Å²) in [5.41, 5.74) is 0.847. The Morgan fingerprint density at radius 3 is 2.85 bits per heavy atom. The SMILES string of the molecule is C=CC=CC=CC1=CCCCC1=O. The first-order valence-corrected chi connectivity index (χ1v) is 4.53. The van der Waals surface area contributed by atoms with Gasteiger partial charge in [-0.3, -0.25) is 4.79 Å². The van der Waals surface area contributed by atoms with E-state index in [1.165, 1.54) is 0 Å². The van der Waals surface area contributed by atoms with E-state index in [9.17, 15) is 4.79 Å². The average Bonchev–Trinajstić information content (AvgIpc) is 2.15. The van der Waals surface area contributed by atoms with Crippen LogP contribution in [0.2, 0.25) is 0 Å². The topological polar surface area (TPSA) is 17.1 Å². The Balaban J connectivity index is 2.56. The molecular formula is C12H14O. The second-order valence-corrected chi connectivity index (χ2v) is 2.95. The molecule has 1 heteroatoms. The van der Waals surface area contributed by atoms with Crippen molar-refractivity contribution in [2.24, 2.45) is 0 Å². The lowest BCUT2D eigenvalue weighted by molar-refractivity contribution is -0.115. The van der Waals surface area contributed by atoms with Gasteiger partial charge in [-0.05, 0) is 12.8 Å². The lowest BCUT2D eigenvalue weighted by Gasteiger charge is -2.06. The highest BCUT2D eigenvalue weighted by Crippen LogP contribution is 2.14. The number of carbonyl (C=O) groups is 1. The molecule has 0 heterocycles. The summed E-state index contributed by atoms with van der Waals surface area (Å²) in [7, 11) is 0. The number of ketones is 1. The van der Waals surface area contributed by atoms with E-state index in [0.717, 1.165) is 18.4 Å².